The first kappa shape index (κ1) is 15.5. The number of likely N-dealkylation sites (N-methyl/N-ethyl adjacent to an activating group) is 1. The first-order valence-corrected chi connectivity index (χ1v) is 7.27. The Hall–Kier alpha value is -1.89. The molecule has 1 aromatic rings. The molecule has 0 saturated carbocycles. The van der Waals surface area contributed by atoms with E-state index in [-0.39, 0.29) is 17.9 Å². The lowest BCUT2D eigenvalue weighted by Gasteiger charge is -2.23. The van der Waals surface area contributed by atoms with Crippen LogP contribution >= 0.6 is 0 Å². The molecule has 1 aliphatic heterocycles. The maximum Gasteiger partial charge on any atom is 0.242 e. The van der Waals surface area contributed by atoms with Gasteiger partial charge in [0.25, 0.3) is 0 Å². The minimum absolute atomic E-state index is 0.00526. The maximum absolute atomic E-state index is 12.3. The van der Waals surface area contributed by atoms with E-state index < -0.39 is 6.04 Å². The van der Waals surface area contributed by atoms with Crippen LogP contribution in [-0.4, -0.2) is 51.9 Å². The van der Waals surface area contributed by atoms with Crippen molar-refractivity contribution in [1.82, 2.24) is 19.8 Å². The van der Waals surface area contributed by atoms with Gasteiger partial charge in [-0.15, -0.1) is 0 Å². The number of imidazole rings is 1. The second-order valence-corrected chi connectivity index (χ2v) is 5.44. The molecule has 1 saturated heterocycles. The molecule has 2 heterocycles. The van der Waals surface area contributed by atoms with Crippen molar-refractivity contribution in [2.24, 2.45) is 5.73 Å². The van der Waals surface area contributed by atoms with Gasteiger partial charge in [0.05, 0.1) is 0 Å². The number of likely N-dealkylation sites (tertiary alicyclic amines) is 1. The van der Waals surface area contributed by atoms with E-state index in [1.807, 2.05) is 17.7 Å². The highest BCUT2D eigenvalue weighted by atomic mass is 16.2. The van der Waals surface area contributed by atoms with Crippen molar-refractivity contribution in [2.75, 3.05) is 13.6 Å². The average Bonchev–Trinajstić information content (AvgIpc) is 3.04. The predicted molar refractivity (Wildman–Crippen MR) is 78.4 cm³/mol. The molecular formula is C14H23N5O2. The van der Waals surface area contributed by atoms with E-state index in [1.54, 1.807) is 18.1 Å². The SMILES string of the molecule is CNC(=O)[C@@H]1C[C@H](N)CN1C(=O)CCCn1ccnc1C. The molecule has 0 bridgehead atoms. The van der Waals surface area contributed by atoms with E-state index in [0.29, 0.717) is 19.4 Å². The van der Waals surface area contributed by atoms with Gasteiger partial charge in [0.1, 0.15) is 11.9 Å². The summed E-state index contributed by atoms with van der Waals surface area (Å²) in [4.78, 5) is 29.9. The van der Waals surface area contributed by atoms with Crippen LogP contribution in [0.3, 0.4) is 0 Å². The second kappa shape index (κ2) is 6.71. The van der Waals surface area contributed by atoms with Gasteiger partial charge in [-0.3, -0.25) is 9.59 Å². The van der Waals surface area contributed by atoms with Gasteiger partial charge in [-0.2, -0.15) is 0 Å². The Morgan fingerprint density at radius 2 is 2.29 bits per heavy atom. The third kappa shape index (κ3) is 3.60. The van der Waals surface area contributed by atoms with Crippen LogP contribution in [0.15, 0.2) is 12.4 Å². The molecule has 3 N–H and O–H groups in total. The van der Waals surface area contributed by atoms with Gasteiger partial charge in [0.2, 0.25) is 11.8 Å². The summed E-state index contributed by atoms with van der Waals surface area (Å²) in [6.45, 7) is 3.14. The minimum atomic E-state index is -0.424. The van der Waals surface area contributed by atoms with Crippen molar-refractivity contribution >= 4 is 11.8 Å². The topological polar surface area (TPSA) is 93.3 Å². The summed E-state index contributed by atoms with van der Waals surface area (Å²) >= 11 is 0. The van der Waals surface area contributed by atoms with Crippen LogP contribution < -0.4 is 11.1 Å². The molecule has 0 aliphatic carbocycles. The molecule has 0 unspecified atom stereocenters. The normalized spacial score (nSPS) is 21.6. The van der Waals surface area contributed by atoms with E-state index in [9.17, 15) is 9.59 Å². The minimum Gasteiger partial charge on any atom is -0.357 e. The van der Waals surface area contributed by atoms with Crippen molar-refractivity contribution in [3.8, 4) is 0 Å². The summed E-state index contributed by atoms with van der Waals surface area (Å²) in [6.07, 6.45) is 5.32. The van der Waals surface area contributed by atoms with Gasteiger partial charge in [0.15, 0.2) is 0 Å². The van der Waals surface area contributed by atoms with Crippen molar-refractivity contribution in [3.05, 3.63) is 18.2 Å². The van der Waals surface area contributed by atoms with Crippen LogP contribution in [0, 0.1) is 6.92 Å². The molecule has 2 amide bonds. The van der Waals surface area contributed by atoms with Gasteiger partial charge in [-0.1, -0.05) is 0 Å². The number of hydrogen-bond acceptors (Lipinski definition) is 4. The number of amides is 2. The van der Waals surface area contributed by atoms with Crippen LogP contribution in [0.4, 0.5) is 0 Å². The Kier molecular flexibility index (Phi) is 4.95. The molecule has 116 valence electrons. The zero-order chi connectivity index (χ0) is 15.4. The smallest absolute Gasteiger partial charge is 0.242 e. The standard InChI is InChI=1S/C14H23N5O2/c1-10-17-5-7-18(10)6-3-4-13(20)19-9-11(15)8-12(19)14(21)16-2/h5,7,11-12H,3-4,6,8-9,15H2,1-2H3,(H,16,21)/t11-,12-/m0/s1. The Balaban J connectivity index is 1.87. The van der Waals surface area contributed by atoms with Gasteiger partial charge in [-0.05, 0) is 19.8 Å². The lowest BCUT2D eigenvalue weighted by molar-refractivity contribution is -0.138. The third-order valence-electron chi connectivity index (χ3n) is 3.92. The summed E-state index contributed by atoms with van der Waals surface area (Å²) in [5, 5.41) is 2.60. The highest BCUT2D eigenvalue weighted by Crippen LogP contribution is 2.18. The van der Waals surface area contributed by atoms with Crippen molar-refractivity contribution in [2.45, 2.75) is 44.8 Å². The fourth-order valence-electron chi connectivity index (χ4n) is 2.74. The van der Waals surface area contributed by atoms with Gasteiger partial charge in [0, 0.05) is 45.0 Å². The summed E-state index contributed by atoms with van der Waals surface area (Å²) in [5.74, 6) is 0.796. The molecule has 7 heteroatoms. The number of nitrogens with zero attached hydrogens (tertiary/aromatic N) is 3. The van der Waals surface area contributed by atoms with Gasteiger partial charge < -0.3 is 20.5 Å². The summed E-state index contributed by atoms with van der Waals surface area (Å²) in [6, 6.07) is -0.542. The van der Waals surface area contributed by atoms with E-state index in [2.05, 4.69) is 10.3 Å². The Bertz CT molecular complexity index is 513. The monoisotopic (exact) mass is 293 g/mol. The van der Waals surface area contributed by atoms with E-state index in [0.717, 1.165) is 18.8 Å². The highest BCUT2D eigenvalue weighted by Gasteiger charge is 2.37. The molecule has 1 fully saturated rings. The Labute approximate surface area is 124 Å². The van der Waals surface area contributed by atoms with Crippen LogP contribution in [-0.2, 0) is 16.1 Å². The van der Waals surface area contributed by atoms with E-state index in [1.165, 1.54) is 0 Å². The van der Waals surface area contributed by atoms with Crippen molar-refractivity contribution in [1.29, 1.82) is 0 Å². The zero-order valence-electron chi connectivity index (χ0n) is 12.6. The van der Waals surface area contributed by atoms with Gasteiger partial charge >= 0.3 is 0 Å². The molecule has 21 heavy (non-hydrogen) atoms. The van der Waals surface area contributed by atoms with Crippen LogP contribution in [0.1, 0.15) is 25.1 Å². The second-order valence-electron chi connectivity index (χ2n) is 5.44. The average molecular weight is 293 g/mol. The quantitative estimate of drug-likeness (QED) is 0.775. The molecule has 1 aromatic heterocycles. The zero-order valence-corrected chi connectivity index (χ0v) is 12.6. The number of carbonyl (C=O) groups is 2. The maximum atomic E-state index is 12.3. The lowest BCUT2D eigenvalue weighted by atomic mass is 10.1. The number of nitrogens with one attached hydrogen (secondary N) is 1. The van der Waals surface area contributed by atoms with Crippen LogP contribution in [0.5, 0.6) is 0 Å². The fourth-order valence-corrected chi connectivity index (χ4v) is 2.74. The first-order chi connectivity index (χ1) is 10.0. The first-order valence-electron chi connectivity index (χ1n) is 7.27. The number of nitrogens with two attached hydrogens (primary N) is 1. The number of hydrogen-bond donors (Lipinski definition) is 2. The van der Waals surface area contributed by atoms with Crippen molar-refractivity contribution in [3.63, 3.8) is 0 Å². The Morgan fingerprint density at radius 1 is 1.52 bits per heavy atom. The predicted octanol–water partition coefficient (Wildman–Crippen LogP) is -0.354. The van der Waals surface area contributed by atoms with E-state index >= 15 is 0 Å². The lowest BCUT2D eigenvalue weighted by Crippen LogP contribution is -2.45. The number of rotatable bonds is 5. The van der Waals surface area contributed by atoms with Crippen molar-refractivity contribution < 1.29 is 9.59 Å². The number of carbonyl (C=O) groups excluding carboxylic acids is 2. The Morgan fingerprint density at radius 3 is 2.90 bits per heavy atom. The largest absolute Gasteiger partial charge is 0.357 e. The fraction of sp³-hybridized carbons (Fsp3) is 0.643. The molecular weight excluding hydrogens is 270 g/mol. The van der Waals surface area contributed by atoms with Gasteiger partial charge in [-0.25, -0.2) is 4.98 Å². The molecule has 0 aromatic carbocycles. The molecule has 2 rings (SSSR count). The molecule has 2 atom stereocenters. The highest BCUT2D eigenvalue weighted by molar-refractivity contribution is 5.88. The summed E-state index contributed by atoms with van der Waals surface area (Å²) in [5.41, 5.74) is 5.89. The van der Waals surface area contributed by atoms with Crippen LogP contribution in [0.25, 0.3) is 0 Å². The summed E-state index contributed by atoms with van der Waals surface area (Å²) in [7, 11) is 1.58. The van der Waals surface area contributed by atoms with Crippen LogP contribution in [0.2, 0.25) is 0 Å². The number of aromatic nitrogens is 2. The van der Waals surface area contributed by atoms with E-state index in [4.69, 9.17) is 5.73 Å². The molecule has 7 nitrogen and oxygen atoms in total. The molecule has 0 radical (unpaired) electrons. The number of aryl methyl sites for hydroxylation is 2. The third-order valence-corrected chi connectivity index (χ3v) is 3.92. The molecule has 1 aliphatic rings. The summed E-state index contributed by atoms with van der Waals surface area (Å²) < 4.78 is 2.01. The molecule has 0 spiro atoms.